The van der Waals surface area contributed by atoms with E-state index < -0.39 is 0 Å². The van der Waals surface area contributed by atoms with Gasteiger partial charge in [-0.05, 0) is 18.2 Å². The summed E-state index contributed by atoms with van der Waals surface area (Å²) < 4.78 is 0. The van der Waals surface area contributed by atoms with Crippen molar-refractivity contribution in [2.45, 2.75) is 0 Å². The Hall–Kier alpha value is -1.87. The summed E-state index contributed by atoms with van der Waals surface area (Å²) in [7, 11) is 0. The van der Waals surface area contributed by atoms with Crippen LogP contribution in [0.5, 0.6) is 5.75 Å². The summed E-state index contributed by atoms with van der Waals surface area (Å²) >= 11 is 5.96. The zero-order chi connectivity index (χ0) is 11.4. The lowest BCUT2D eigenvalue weighted by atomic mass is 10.2. The number of halogens is 1. The molecule has 1 aromatic heterocycles. The van der Waals surface area contributed by atoms with Crippen molar-refractivity contribution >= 4 is 23.6 Å². The van der Waals surface area contributed by atoms with Crippen molar-refractivity contribution in [3.8, 4) is 5.75 Å². The Labute approximate surface area is 98.1 Å². The maximum atomic E-state index is 9.45. The number of hydrogen-bond acceptors (Lipinski definition) is 3. The Morgan fingerprint density at radius 3 is 2.75 bits per heavy atom. The highest BCUT2D eigenvalue weighted by atomic mass is 35.5. The van der Waals surface area contributed by atoms with Crippen LogP contribution in [-0.4, -0.2) is 16.3 Å². The second-order valence-corrected chi connectivity index (χ2v) is 3.53. The number of benzene rings is 1. The van der Waals surface area contributed by atoms with Crippen LogP contribution >= 0.6 is 11.6 Å². The molecule has 2 aromatic rings. The Bertz CT molecular complexity index is 478. The fraction of sp³-hybridized carbons (Fsp3) is 0. The summed E-state index contributed by atoms with van der Waals surface area (Å²) in [6.45, 7) is 0. The Balaban J connectivity index is 2.29. The molecular formula is C12H9ClN2O. The predicted octanol–water partition coefficient (Wildman–Crippen LogP) is 3.19. The van der Waals surface area contributed by atoms with Gasteiger partial charge in [0.25, 0.3) is 0 Å². The third-order valence-electron chi connectivity index (χ3n) is 2.00. The molecule has 0 saturated carbocycles. The van der Waals surface area contributed by atoms with Crippen molar-refractivity contribution in [1.29, 1.82) is 0 Å². The summed E-state index contributed by atoms with van der Waals surface area (Å²) in [5, 5.41) is 10.1. The zero-order valence-corrected chi connectivity index (χ0v) is 9.09. The Morgan fingerprint density at radius 1 is 1.19 bits per heavy atom. The number of aromatic nitrogens is 1. The highest BCUT2D eigenvalue weighted by molar-refractivity contribution is 6.33. The van der Waals surface area contributed by atoms with Crippen LogP contribution in [0.2, 0.25) is 5.02 Å². The molecule has 1 aromatic carbocycles. The van der Waals surface area contributed by atoms with Crippen LogP contribution in [0.1, 0.15) is 5.56 Å². The van der Waals surface area contributed by atoms with Gasteiger partial charge in [0.15, 0.2) is 11.6 Å². The molecule has 0 saturated heterocycles. The van der Waals surface area contributed by atoms with Gasteiger partial charge in [-0.2, -0.15) is 0 Å². The summed E-state index contributed by atoms with van der Waals surface area (Å²) in [6.07, 6.45) is 3.14. The molecule has 1 N–H and O–H groups in total. The lowest BCUT2D eigenvalue weighted by Crippen LogP contribution is -1.82. The van der Waals surface area contributed by atoms with Gasteiger partial charge in [-0.25, -0.2) is 9.98 Å². The van der Waals surface area contributed by atoms with E-state index >= 15 is 0 Å². The Kier molecular flexibility index (Phi) is 3.17. The largest absolute Gasteiger partial charge is 0.504 e. The first-order valence-electron chi connectivity index (χ1n) is 4.70. The number of rotatable bonds is 2. The SMILES string of the molecule is Oc1cccnc1/N=C/c1ccccc1Cl. The molecule has 0 spiro atoms. The van der Waals surface area contributed by atoms with Crippen LogP contribution in [0.3, 0.4) is 0 Å². The molecule has 0 fully saturated rings. The third kappa shape index (κ3) is 2.38. The van der Waals surface area contributed by atoms with Gasteiger partial charge in [0, 0.05) is 23.0 Å². The highest BCUT2D eigenvalue weighted by Crippen LogP contribution is 2.22. The molecular weight excluding hydrogens is 224 g/mol. The minimum absolute atomic E-state index is 0.0470. The molecule has 0 amide bonds. The number of pyridine rings is 1. The van der Waals surface area contributed by atoms with E-state index in [1.807, 2.05) is 18.2 Å². The average molecular weight is 233 g/mol. The molecule has 1 heterocycles. The molecule has 0 aliphatic heterocycles. The summed E-state index contributed by atoms with van der Waals surface area (Å²) in [6, 6.07) is 10.5. The van der Waals surface area contributed by atoms with Crippen LogP contribution in [0.15, 0.2) is 47.6 Å². The fourth-order valence-electron chi connectivity index (χ4n) is 1.20. The third-order valence-corrected chi connectivity index (χ3v) is 2.34. The molecule has 0 atom stereocenters. The quantitative estimate of drug-likeness (QED) is 0.809. The van der Waals surface area contributed by atoms with Crippen molar-refractivity contribution in [2.24, 2.45) is 4.99 Å². The van der Waals surface area contributed by atoms with E-state index in [1.165, 1.54) is 6.07 Å². The van der Waals surface area contributed by atoms with Gasteiger partial charge in [-0.1, -0.05) is 29.8 Å². The number of hydrogen-bond donors (Lipinski definition) is 1. The van der Waals surface area contributed by atoms with Crippen molar-refractivity contribution in [3.05, 3.63) is 53.2 Å². The normalized spacial score (nSPS) is 10.8. The number of aromatic hydroxyl groups is 1. The molecule has 0 aliphatic carbocycles. The van der Waals surface area contributed by atoms with Gasteiger partial charge in [-0.3, -0.25) is 0 Å². The molecule has 16 heavy (non-hydrogen) atoms. The fourth-order valence-corrected chi connectivity index (χ4v) is 1.38. The first-order valence-corrected chi connectivity index (χ1v) is 5.08. The lowest BCUT2D eigenvalue weighted by Gasteiger charge is -1.97. The van der Waals surface area contributed by atoms with Gasteiger partial charge in [0.05, 0.1) is 0 Å². The smallest absolute Gasteiger partial charge is 0.194 e. The van der Waals surface area contributed by atoms with E-state index in [4.69, 9.17) is 11.6 Å². The molecule has 3 nitrogen and oxygen atoms in total. The maximum absolute atomic E-state index is 9.45. The minimum atomic E-state index is 0.0470. The van der Waals surface area contributed by atoms with Crippen molar-refractivity contribution in [2.75, 3.05) is 0 Å². The summed E-state index contributed by atoms with van der Waals surface area (Å²) in [4.78, 5) is 8.00. The molecule has 80 valence electrons. The monoisotopic (exact) mass is 232 g/mol. The first-order chi connectivity index (χ1) is 7.77. The van der Waals surface area contributed by atoms with E-state index in [-0.39, 0.29) is 11.6 Å². The topological polar surface area (TPSA) is 45.5 Å². The van der Waals surface area contributed by atoms with E-state index in [0.29, 0.717) is 5.02 Å². The average Bonchev–Trinajstić information content (AvgIpc) is 2.30. The minimum Gasteiger partial charge on any atom is -0.504 e. The lowest BCUT2D eigenvalue weighted by molar-refractivity contribution is 0.474. The summed E-state index contributed by atoms with van der Waals surface area (Å²) in [5.41, 5.74) is 0.786. The van der Waals surface area contributed by atoms with Crippen LogP contribution in [-0.2, 0) is 0 Å². The second-order valence-electron chi connectivity index (χ2n) is 3.13. The van der Waals surface area contributed by atoms with E-state index in [2.05, 4.69) is 9.98 Å². The van der Waals surface area contributed by atoms with Gasteiger partial charge in [-0.15, -0.1) is 0 Å². The first kappa shape index (κ1) is 10.6. The van der Waals surface area contributed by atoms with Gasteiger partial charge >= 0.3 is 0 Å². The van der Waals surface area contributed by atoms with Gasteiger partial charge in [0.2, 0.25) is 0 Å². The van der Waals surface area contributed by atoms with E-state index in [0.717, 1.165) is 5.56 Å². The molecule has 0 unspecified atom stereocenters. The van der Waals surface area contributed by atoms with Crippen LogP contribution in [0.25, 0.3) is 0 Å². The molecule has 0 radical (unpaired) electrons. The molecule has 2 rings (SSSR count). The molecule has 0 aliphatic rings. The highest BCUT2D eigenvalue weighted by Gasteiger charge is 1.98. The van der Waals surface area contributed by atoms with E-state index in [1.54, 1.807) is 24.5 Å². The number of nitrogens with zero attached hydrogens (tertiary/aromatic N) is 2. The van der Waals surface area contributed by atoms with Crippen LogP contribution < -0.4 is 0 Å². The van der Waals surface area contributed by atoms with Crippen LogP contribution in [0.4, 0.5) is 5.82 Å². The molecule has 0 bridgehead atoms. The summed E-state index contributed by atoms with van der Waals surface area (Å²) in [5.74, 6) is 0.327. The van der Waals surface area contributed by atoms with Crippen molar-refractivity contribution in [1.82, 2.24) is 4.98 Å². The van der Waals surface area contributed by atoms with Crippen LogP contribution in [0, 0.1) is 0 Å². The molecule has 4 heteroatoms. The number of aliphatic imine (C=N–C) groups is 1. The standard InChI is InChI=1S/C12H9ClN2O/c13-10-5-2-1-4-9(10)8-15-12-11(16)6-3-7-14-12/h1-8,16H/b15-8+. The van der Waals surface area contributed by atoms with E-state index in [9.17, 15) is 5.11 Å². The van der Waals surface area contributed by atoms with Gasteiger partial charge < -0.3 is 5.11 Å². The van der Waals surface area contributed by atoms with Crippen molar-refractivity contribution < 1.29 is 5.11 Å². The van der Waals surface area contributed by atoms with Crippen molar-refractivity contribution in [3.63, 3.8) is 0 Å². The van der Waals surface area contributed by atoms with Gasteiger partial charge in [0.1, 0.15) is 0 Å². The zero-order valence-electron chi connectivity index (χ0n) is 8.34. The maximum Gasteiger partial charge on any atom is 0.194 e. The predicted molar refractivity (Wildman–Crippen MR) is 64.6 cm³/mol. The second kappa shape index (κ2) is 4.77. The Morgan fingerprint density at radius 2 is 2.00 bits per heavy atom.